The van der Waals surface area contributed by atoms with Crippen LogP contribution in [0.2, 0.25) is 0 Å². The Hall–Kier alpha value is -1.90. The number of benzene rings is 1. The predicted molar refractivity (Wildman–Crippen MR) is 73.0 cm³/mol. The third kappa shape index (κ3) is 2.08. The van der Waals surface area contributed by atoms with Crippen molar-refractivity contribution in [2.45, 2.75) is 27.2 Å². The molecule has 1 heterocycles. The number of hydrogen-bond donors (Lipinski definition) is 0. The van der Waals surface area contributed by atoms with Crippen LogP contribution >= 0.6 is 0 Å². The van der Waals surface area contributed by atoms with Gasteiger partial charge in [-0.25, -0.2) is 0 Å². The predicted octanol–water partition coefficient (Wildman–Crippen LogP) is 2.29. The number of aromatic nitrogens is 1. The lowest BCUT2D eigenvalue weighted by molar-refractivity contribution is -0.116. The van der Waals surface area contributed by atoms with Crippen molar-refractivity contribution in [1.29, 1.82) is 0 Å². The summed E-state index contributed by atoms with van der Waals surface area (Å²) in [5, 5.41) is 1.02. The molecule has 1 aromatic carbocycles. The van der Waals surface area contributed by atoms with Crippen molar-refractivity contribution in [2.24, 2.45) is 7.05 Å². The number of fused-ring (bicyclic) bond motifs is 1. The smallest absolute Gasteiger partial charge is 0.254 e. The monoisotopic (exact) mass is 243 g/mol. The van der Waals surface area contributed by atoms with Crippen LogP contribution in [0.5, 0.6) is 0 Å². The molecule has 1 aromatic heterocycles. The summed E-state index contributed by atoms with van der Waals surface area (Å²) in [4.78, 5) is 23.4. The molecule has 3 heteroatoms. The average molecular weight is 243 g/mol. The number of ketones is 1. The molecule has 0 atom stereocenters. The highest BCUT2D eigenvalue weighted by molar-refractivity contribution is 5.85. The van der Waals surface area contributed by atoms with Gasteiger partial charge in [-0.1, -0.05) is 11.6 Å². The average Bonchev–Trinajstić information content (AvgIpc) is 2.23. The molecule has 0 aliphatic heterocycles. The van der Waals surface area contributed by atoms with E-state index in [0.717, 1.165) is 22.0 Å². The molecule has 0 fully saturated rings. The standard InChI is InChI=1S/C15H17NO2/c1-9-5-10(2)14-12(6-9)8-13(7-11(3)17)15(18)16(14)4/h5-6,8H,7H2,1-4H3. The Balaban J connectivity index is 2.83. The number of nitrogens with zero attached hydrogens (tertiary/aromatic N) is 1. The van der Waals surface area contributed by atoms with Gasteiger partial charge in [0.2, 0.25) is 0 Å². The van der Waals surface area contributed by atoms with Crippen LogP contribution in [0.3, 0.4) is 0 Å². The molecular formula is C15H17NO2. The maximum Gasteiger partial charge on any atom is 0.254 e. The van der Waals surface area contributed by atoms with Crippen molar-refractivity contribution >= 4 is 16.7 Å². The second kappa shape index (κ2) is 4.41. The van der Waals surface area contributed by atoms with Crippen LogP contribution in [0.1, 0.15) is 23.6 Å². The fraction of sp³-hybridized carbons (Fsp3) is 0.333. The van der Waals surface area contributed by atoms with Crippen LogP contribution in [-0.4, -0.2) is 10.4 Å². The van der Waals surface area contributed by atoms with Crippen LogP contribution < -0.4 is 5.56 Å². The van der Waals surface area contributed by atoms with E-state index in [-0.39, 0.29) is 17.8 Å². The highest BCUT2D eigenvalue weighted by atomic mass is 16.1. The molecule has 94 valence electrons. The summed E-state index contributed by atoms with van der Waals surface area (Å²) in [6.45, 7) is 5.53. The van der Waals surface area contributed by atoms with E-state index in [9.17, 15) is 9.59 Å². The van der Waals surface area contributed by atoms with Crippen LogP contribution in [0.25, 0.3) is 10.9 Å². The van der Waals surface area contributed by atoms with Gasteiger partial charge in [-0.15, -0.1) is 0 Å². The number of aryl methyl sites for hydroxylation is 3. The van der Waals surface area contributed by atoms with E-state index in [1.54, 1.807) is 11.6 Å². The molecule has 0 spiro atoms. The Morgan fingerprint density at radius 1 is 1.22 bits per heavy atom. The Labute approximate surface area is 106 Å². The van der Waals surface area contributed by atoms with Crippen molar-refractivity contribution in [2.75, 3.05) is 0 Å². The third-order valence-electron chi connectivity index (χ3n) is 3.16. The zero-order chi connectivity index (χ0) is 13.4. The van der Waals surface area contributed by atoms with E-state index in [4.69, 9.17) is 0 Å². The van der Waals surface area contributed by atoms with E-state index in [2.05, 4.69) is 6.07 Å². The highest BCUT2D eigenvalue weighted by Gasteiger charge is 2.10. The van der Waals surface area contributed by atoms with Crippen molar-refractivity contribution < 1.29 is 4.79 Å². The lowest BCUT2D eigenvalue weighted by Gasteiger charge is -2.11. The minimum absolute atomic E-state index is 0.0100. The minimum atomic E-state index is -0.0790. The molecule has 2 aromatic rings. The summed E-state index contributed by atoms with van der Waals surface area (Å²) >= 11 is 0. The van der Waals surface area contributed by atoms with Gasteiger partial charge in [-0.3, -0.25) is 9.59 Å². The van der Waals surface area contributed by atoms with Crippen LogP contribution in [0.4, 0.5) is 0 Å². The first-order valence-corrected chi connectivity index (χ1v) is 5.99. The largest absolute Gasteiger partial charge is 0.311 e. The summed E-state index contributed by atoms with van der Waals surface area (Å²) in [7, 11) is 1.76. The molecule has 0 unspecified atom stereocenters. The normalized spacial score (nSPS) is 10.9. The molecule has 0 bridgehead atoms. The van der Waals surface area contributed by atoms with E-state index in [1.165, 1.54) is 6.92 Å². The van der Waals surface area contributed by atoms with E-state index in [1.807, 2.05) is 26.0 Å². The fourth-order valence-corrected chi connectivity index (χ4v) is 2.52. The van der Waals surface area contributed by atoms with Crippen molar-refractivity contribution in [1.82, 2.24) is 4.57 Å². The topological polar surface area (TPSA) is 39.1 Å². The van der Waals surface area contributed by atoms with Crippen molar-refractivity contribution in [3.8, 4) is 0 Å². The second-order valence-corrected chi connectivity index (χ2v) is 4.93. The molecule has 18 heavy (non-hydrogen) atoms. The lowest BCUT2D eigenvalue weighted by Crippen LogP contribution is -2.23. The van der Waals surface area contributed by atoms with Gasteiger partial charge >= 0.3 is 0 Å². The van der Waals surface area contributed by atoms with Gasteiger partial charge in [0.25, 0.3) is 5.56 Å². The van der Waals surface area contributed by atoms with Crippen molar-refractivity contribution in [3.05, 3.63) is 45.2 Å². The molecule has 0 N–H and O–H groups in total. The first kappa shape index (κ1) is 12.6. The Kier molecular flexibility index (Phi) is 3.07. The molecule has 3 nitrogen and oxygen atoms in total. The first-order chi connectivity index (χ1) is 8.40. The Morgan fingerprint density at radius 2 is 1.89 bits per heavy atom. The Morgan fingerprint density at radius 3 is 2.50 bits per heavy atom. The van der Waals surface area contributed by atoms with E-state index in [0.29, 0.717) is 5.56 Å². The van der Waals surface area contributed by atoms with Gasteiger partial charge in [0.1, 0.15) is 5.78 Å². The number of carbonyl (C=O) groups is 1. The summed E-state index contributed by atoms with van der Waals surface area (Å²) in [6.07, 6.45) is 0.204. The molecule has 0 saturated carbocycles. The summed E-state index contributed by atoms with van der Waals surface area (Å²) in [5.41, 5.74) is 3.68. The zero-order valence-corrected chi connectivity index (χ0v) is 11.2. The molecular weight excluding hydrogens is 226 g/mol. The lowest BCUT2D eigenvalue weighted by atomic mass is 10.0. The maximum absolute atomic E-state index is 12.2. The van der Waals surface area contributed by atoms with Crippen molar-refractivity contribution in [3.63, 3.8) is 0 Å². The summed E-state index contributed by atoms with van der Waals surface area (Å²) < 4.78 is 1.64. The summed E-state index contributed by atoms with van der Waals surface area (Å²) in [6, 6.07) is 5.96. The molecule has 0 saturated heterocycles. The van der Waals surface area contributed by atoms with E-state index >= 15 is 0 Å². The van der Waals surface area contributed by atoms with Gasteiger partial charge < -0.3 is 4.57 Å². The number of pyridine rings is 1. The fourth-order valence-electron chi connectivity index (χ4n) is 2.52. The first-order valence-electron chi connectivity index (χ1n) is 5.99. The zero-order valence-electron chi connectivity index (χ0n) is 11.2. The maximum atomic E-state index is 12.2. The van der Waals surface area contributed by atoms with Gasteiger partial charge in [0, 0.05) is 19.0 Å². The highest BCUT2D eigenvalue weighted by Crippen LogP contribution is 2.19. The minimum Gasteiger partial charge on any atom is -0.311 e. The van der Waals surface area contributed by atoms with Gasteiger partial charge in [-0.2, -0.15) is 0 Å². The second-order valence-electron chi connectivity index (χ2n) is 4.93. The van der Waals surface area contributed by atoms with Gasteiger partial charge in [0.05, 0.1) is 5.52 Å². The van der Waals surface area contributed by atoms with Crippen LogP contribution in [0.15, 0.2) is 23.0 Å². The number of Topliss-reactive ketones (excluding diaryl/α,β-unsaturated/α-hetero) is 1. The number of hydrogen-bond acceptors (Lipinski definition) is 2. The quantitative estimate of drug-likeness (QED) is 0.811. The third-order valence-corrected chi connectivity index (χ3v) is 3.16. The molecule has 0 aliphatic carbocycles. The summed E-state index contributed by atoms with van der Waals surface area (Å²) in [5.74, 6) is 0.0100. The SMILES string of the molecule is CC(=O)Cc1cc2cc(C)cc(C)c2n(C)c1=O. The number of carbonyl (C=O) groups excluding carboxylic acids is 1. The Bertz CT molecular complexity index is 696. The number of rotatable bonds is 2. The molecule has 0 amide bonds. The van der Waals surface area contributed by atoms with Gasteiger partial charge in [0.15, 0.2) is 0 Å². The molecule has 2 rings (SSSR count). The van der Waals surface area contributed by atoms with Crippen LogP contribution in [0, 0.1) is 13.8 Å². The molecule has 0 aliphatic rings. The van der Waals surface area contributed by atoms with Gasteiger partial charge in [-0.05, 0) is 43.9 Å². The van der Waals surface area contributed by atoms with Crippen LogP contribution in [-0.2, 0) is 18.3 Å². The molecule has 0 radical (unpaired) electrons. The van der Waals surface area contributed by atoms with E-state index < -0.39 is 0 Å².